The molecule has 2 amide bonds. The molecular weight excluding hydrogens is 332 g/mol. The summed E-state index contributed by atoms with van der Waals surface area (Å²) in [6, 6.07) is 18.0. The molecule has 0 fully saturated rings. The number of thioether (sulfide) groups is 1. The number of hydrogen-bond donors (Lipinski definition) is 2. The van der Waals surface area contributed by atoms with E-state index in [0.717, 1.165) is 17.1 Å². The van der Waals surface area contributed by atoms with E-state index in [0.29, 0.717) is 13.0 Å². The standard InChI is InChI=1S/C20H24N2O2S/c1-16-7-9-18(10-8-16)15-25-12-11-21-20(24)14-22-19(23)13-17-5-3-2-4-6-17/h2-10H,11-15H2,1H3,(H,21,24)(H,22,23). The van der Waals surface area contributed by atoms with E-state index in [2.05, 4.69) is 41.8 Å². The molecule has 2 rings (SSSR count). The zero-order chi connectivity index (χ0) is 17.9. The minimum Gasteiger partial charge on any atom is -0.354 e. The highest BCUT2D eigenvalue weighted by Gasteiger charge is 2.06. The van der Waals surface area contributed by atoms with Gasteiger partial charge in [0.2, 0.25) is 11.8 Å². The van der Waals surface area contributed by atoms with Gasteiger partial charge in [0, 0.05) is 18.1 Å². The molecule has 0 unspecified atom stereocenters. The predicted octanol–water partition coefficient (Wildman–Crippen LogP) is 2.70. The second-order valence-electron chi connectivity index (χ2n) is 5.83. The Morgan fingerprint density at radius 2 is 1.60 bits per heavy atom. The van der Waals surface area contributed by atoms with Gasteiger partial charge < -0.3 is 10.6 Å². The number of rotatable bonds is 9. The predicted molar refractivity (Wildman–Crippen MR) is 104 cm³/mol. The third-order valence-corrected chi connectivity index (χ3v) is 4.64. The van der Waals surface area contributed by atoms with Gasteiger partial charge in [-0.1, -0.05) is 60.2 Å². The molecule has 0 spiro atoms. The van der Waals surface area contributed by atoms with Gasteiger partial charge in [-0.3, -0.25) is 9.59 Å². The Morgan fingerprint density at radius 1 is 0.880 bits per heavy atom. The van der Waals surface area contributed by atoms with Crippen molar-refractivity contribution in [2.45, 2.75) is 19.1 Å². The Bertz CT molecular complexity index is 672. The number of nitrogens with one attached hydrogen (secondary N) is 2. The lowest BCUT2D eigenvalue weighted by Crippen LogP contribution is -2.38. The average Bonchev–Trinajstić information content (AvgIpc) is 2.62. The molecule has 0 saturated carbocycles. The first-order valence-corrected chi connectivity index (χ1v) is 9.49. The highest BCUT2D eigenvalue weighted by atomic mass is 32.2. The fraction of sp³-hybridized carbons (Fsp3) is 0.300. The summed E-state index contributed by atoms with van der Waals surface area (Å²) in [7, 11) is 0. The van der Waals surface area contributed by atoms with Crippen molar-refractivity contribution in [1.82, 2.24) is 10.6 Å². The summed E-state index contributed by atoms with van der Waals surface area (Å²) >= 11 is 1.78. The zero-order valence-corrected chi connectivity index (χ0v) is 15.3. The molecule has 2 aromatic carbocycles. The van der Waals surface area contributed by atoms with Gasteiger partial charge in [-0.15, -0.1) is 0 Å². The molecule has 0 atom stereocenters. The van der Waals surface area contributed by atoms with Gasteiger partial charge in [0.25, 0.3) is 0 Å². The van der Waals surface area contributed by atoms with Gasteiger partial charge in [-0.05, 0) is 18.1 Å². The largest absolute Gasteiger partial charge is 0.354 e. The molecule has 132 valence electrons. The van der Waals surface area contributed by atoms with Crippen LogP contribution in [0.15, 0.2) is 54.6 Å². The molecule has 4 nitrogen and oxygen atoms in total. The smallest absolute Gasteiger partial charge is 0.239 e. The molecular formula is C20H24N2O2S. The topological polar surface area (TPSA) is 58.2 Å². The molecule has 2 aromatic rings. The van der Waals surface area contributed by atoms with Crippen molar-refractivity contribution in [2.24, 2.45) is 0 Å². The minimum atomic E-state index is -0.155. The molecule has 0 aliphatic rings. The summed E-state index contributed by atoms with van der Waals surface area (Å²) in [6.45, 7) is 2.70. The maximum absolute atomic E-state index is 11.8. The molecule has 0 aromatic heterocycles. The molecule has 0 saturated heterocycles. The first-order valence-electron chi connectivity index (χ1n) is 8.34. The maximum atomic E-state index is 11.8. The van der Waals surface area contributed by atoms with Gasteiger partial charge in [0.05, 0.1) is 13.0 Å². The highest BCUT2D eigenvalue weighted by molar-refractivity contribution is 7.98. The fourth-order valence-electron chi connectivity index (χ4n) is 2.22. The lowest BCUT2D eigenvalue weighted by molar-refractivity contribution is -0.125. The maximum Gasteiger partial charge on any atom is 0.239 e. The quantitative estimate of drug-likeness (QED) is 0.679. The third kappa shape index (κ3) is 7.90. The fourth-order valence-corrected chi connectivity index (χ4v) is 3.04. The van der Waals surface area contributed by atoms with Crippen LogP contribution in [0.2, 0.25) is 0 Å². The Labute approximate surface area is 153 Å². The van der Waals surface area contributed by atoms with Crippen molar-refractivity contribution in [2.75, 3.05) is 18.8 Å². The van der Waals surface area contributed by atoms with Crippen LogP contribution < -0.4 is 10.6 Å². The summed E-state index contributed by atoms with van der Waals surface area (Å²) in [6.07, 6.45) is 0.292. The van der Waals surface area contributed by atoms with Gasteiger partial charge >= 0.3 is 0 Å². The van der Waals surface area contributed by atoms with E-state index in [-0.39, 0.29) is 18.4 Å². The van der Waals surface area contributed by atoms with E-state index < -0.39 is 0 Å². The normalized spacial score (nSPS) is 10.3. The summed E-state index contributed by atoms with van der Waals surface area (Å²) in [5.41, 5.74) is 3.48. The van der Waals surface area contributed by atoms with E-state index in [1.165, 1.54) is 11.1 Å². The van der Waals surface area contributed by atoms with Gasteiger partial charge in [0.15, 0.2) is 0 Å². The molecule has 2 N–H and O–H groups in total. The number of benzene rings is 2. The van der Waals surface area contributed by atoms with Gasteiger partial charge in [-0.2, -0.15) is 11.8 Å². The van der Waals surface area contributed by atoms with Crippen molar-refractivity contribution in [3.05, 3.63) is 71.3 Å². The van der Waals surface area contributed by atoms with Gasteiger partial charge in [0.1, 0.15) is 0 Å². The average molecular weight is 356 g/mol. The number of amides is 2. The monoisotopic (exact) mass is 356 g/mol. The molecule has 25 heavy (non-hydrogen) atoms. The third-order valence-electron chi connectivity index (χ3n) is 3.61. The first kappa shape index (κ1) is 19.1. The number of carbonyl (C=O) groups excluding carboxylic acids is 2. The molecule has 0 aliphatic heterocycles. The van der Waals surface area contributed by atoms with Crippen LogP contribution >= 0.6 is 11.8 Å². The second-order valence-corrected chi connectivity index (χ2v) is 6.93. The van der Waals surface area contributed by atoms with E-state index in [1.807, 2.05) is 30.3 Å². The van der Waals surface area contributed by atoms with E-state index in [1.54, 1.807) is 11.8 Å². The van der Waals surface area contributed by atoms with Crippen molar-refractivity contribution in [3.8, 4) is 0 Å². The minimum absolute atomic E-state index is 0.0221. The summed E-state index contributed by atoms with van der Waals surface area (Å²) < 4.78 is 0. The Morgan fingerprint density at radius 3 is 2.32 bits per heavy atom. The molecule has 0 bridgehead atoms. The van der Waals surface area contributed by atoms with Crippen molar-refractivity contribution >= 4 is 23.6 Å². The van der Waals surface area contributed by atoms with Gasteiger partial charge in [-0.25, -0.2) is 0 Å². The highest BCUT2D eigenvalue weighted by Crippen LogP contribution is 2.12. The Hall–Kier alpha value is -2.27. The molecule has 5 heteroatoms. The molecule has 0 aliphatic carbocycles. The SMILES string of the molecule is Cc1ccc(CSCCNC(=O)CNC(=O)Cc2ccccc2)cc1. The van der Waals surface area contributed by atoms with Crippen LogP contribution in [0.1, 0.15) is 16.7 Å². The van der Waals surface area contributed by atoms with Crippen molar-refractivity contribution in [1.29, 1.82) is 0 Å². The van der Waals surface area contributed by atoms with Crippen LogP contribution in [0.4, 0.5) is 0 Å². The van der Waals surface area contributed by atoms with E-state index >= 15 is 0 Å². The molecule has 0 radical (unpaired) electrons. The van der Waals surface area contributed by atoms with Crippen molar-refractivity contribution < 1.29 is 9.59 Å². The van der Waals surface area contributed by atoms with Crippen LogP contribution in [-0.4, -0.2) is 30.7 Å². The van der Waals surface area contributed by atoms with Crippen LogP contribution in [0, 0.1) is 6.92 Å². The summed E-state index contributed by atoms with van der Waals surface area (Å²) in [4.78, 5) is 23.5. The van der Waals surface area contributed by atoms with Crippen LogP contribution in [-0.2, 0) is 21.8 Å². The summed E-state index contributed by atoms with van der Waals surface area (Å²) in [5.74, 6) is 1.48. The number of hydrogen-bond acceptors (Lipinski definition) is 3. The van der Waals surface area contributed by atoms with E-state index in [4.69, 9.17) is 0 Å². The van der Waals surface area contributed by atoms with Crippen LogP contribution in [0.5, 0.6) is 0 Å². The van der Waals surface area contributed by atoms with E-state index in [9.17, 15) is 9.59 Å². The number of aryl methyl sites for hydroxylation is 1. The Kier molecular flexibility index (Phi) is 8.05. The molecule has 0 heterocycles. The first-order chi connectivity index (χ1) is 12.1. The van der Waals surface area contributed by atoms with Crippen molar-refractivity contribution in [3.63, 3.8) is 0 Å². The van der Waals surface area contributed by atoms with Crippen LogP contribution in [0.3, 0.4) is 0 Å². The lowest BCUT2D eigenvalue weighted by atomic mass is 10.1. The lowest BCUT2D eigenvalue weighted by Gasteiger charge is -2.07. The summed E-state index contributed by atoms with van der Waals surface area (Å²) in [5, 5.41) is 5.47. The Balaban J connectivity index is 1.53. The second kappa shape index (κ2) is 10.6. The number of carbonyl (C=O) groups is 2. The van der Waals surface area contributed by atoms with Crippen LogP contribution in [0.25, 0.3) is 0 Å². The zero-order valence-electron chi connectivity index (χ0n) is 14.5.